The van der Waals surface area contributed by atoms with Crippen molar-refractivity contribution in [2.45, 2.75) is 13.8 Å². The molecule has 4 nitrogen and oxygen atoms in total. The van der Waals surface area contributed by atoms with Crippen molar-refractivity contribution in [1.82, 2.24) is 9.78 Å². The van der Waals surface area contributed by atoms with Crippen LogP contribution in [-0.4, -0.2) is 9.78 Å². The molecule has 0 saturated heterocycles. The van der Waals surface area contributed by atoms with Gasteiger partial charge in [0.25, 0.3) is 0 Å². The summed E-state index contributed by atoms with van der Waals surface area (Å²) in [5, 5.41) is 13.5. The van der Waals surface area contributed by atoms with Crippen molar-refractivity contribution < 1.29 is 4.74 Å². The SMILES string of the molecule is Cc1nn(C)c(C)c1Oc1ccc(C#N)cc1Cl. The maximum Gasteiger partial charge on any atom is 0.171 e. The van der Waals surface area contributed by atoms with Gasteiger partial charge in [-0.15, -0.1) is 0 Å². The average Bonchev–Trinajstić information content (AvgIpc) is 2.58. The van der Waals surface area contributed by atoms with Gasteiger partial charge in [0, 0.05) is 7.05 Å². The zero-order valence-corrected chi connectivity index (χ0v) is 11.1. The second kappa shape index (κ2) is 4.71. The number of rotatable bonds is 2. The van der Waals surface area contributed by atoms with E-state index in [4.69, 9.17) is 21.6 Å². The lowest BCUT2D eigenvalue weighted by molar-refractivity contribution is 0.474. The quantitative estimate of drug-likeness (QED) is 0.833. The number of nitriles is 1. The fourth-order valence-electron chi connectivity index (χ4n) is 1.66. The summed E-state index contributed by atoms with van der Waals surface area (Å²) >= 11 is 6.07. The third-order valence-electron chi connectivity index (χ3n) is 2.72. The van der Waals surface area contributed by atoms with Crippen molar-refractivity contribution >= 4 is 11.6 Å². The fourth-order valence-corrected chi connectivity index (χ4v) is 1.88. The highest BCUT2D eigenvalue weighted by atomic mass is 35.5. The Hall–Kier alpha value is -1.99. The third-order valence-corrected chi connectivity index (χ3v) is 3.01. The maximum absolute atomic E-state index is 8.77. The van der Waals surface area contributed by atoms with E-state index in [2.05, 4.69) is 5.10 Å². The molecule has 1 aromatic carbocycles. The Kier molecular flexibility index (Phi) is 3.26. The number of aromatic nitrogens is 2. The van der Waals surface area contributed by atoms with Crippen LogP contribution in [0.5, 0.6) is 11.5 Å². The number of hydrogen-bond acceptors (Lipinski definition) is 3. The van der Waals surface area contributed by atoms with Gasteiger partial charge in [-0.1, -0.05) is 11.6 Å². The van der Waals surface area contributed by atoms with Crippen molar-refractivity contribution in [3.63, 3.8) is 0 Å². The van der Waals surface area contributed by atoms with E-state index in [1.165, 1.54) is 0 Å². The summed E-state index contributed by atoms with van der Waals surface area (Å²) in [5.74, 6) is 1.22. The summed E-state index contributed by atoms with van der Waals surface area (Å²) in [6.07, 6.45) is 0. The van der Waals surface area contributed by atoms with Crippen LogP contribution in [0.15, 0.2) is 18.2 Å². The predicted molar refractivity (Wildman–Crippen MR) is 68.9 cm³/mol. The molecule has 0 saturated carbocycles. The molecule has 0 N–H and O–H groups in total. The molecular formula is C13H12ClN3O. The highest BCUT2D eigenvalue weighted by Crippen LogP contribution is 2.33. The predicted octanol–water partition coefficient (Wildman–Crippen LogP) is 3.35. The van der Waals surface area contributed by atoms with Crippen molar-refractivity contribution in [2.75, 3.05) is 0 Å². The Morgan fingerprint density at radius 2 is 2.11 bits per heavy atom. The number of nitrogens with zero attached hydrogens (tertiary/aromatic N) is 3. The Balaban J connectivity index is 2.38. The largest absolute Gasteiger partial charge is 0.452 e. The molecule has 18 heavy (non-hydrogen) atoms. The van der Waals surface area contributed by atoms with Gasteiger partial charge in [0.05, 0.1) is 22.3 Å². The van der Waals surface area contributed by atoms with Crippen LogP contribution in [0.2, 0.25) is 5.02 Å². The first-order valence-corrected chi connectivity index (χ1v) is 5.78. The van der Waals surface area contributed by atoms with Gasteiger partial charge in [-0.05, 0) is 32.0 Å². The molecule has 0 aliphatic carbocycles. The van der Waals surface area contributed by atoms with Gasteiger partial charge in [-0.25, -0.2) is 0 Å². The van der Waals surface area contributed by atoms with E-state index in [0.717, 1.165) is 11.4 Å². The number of ether oxygens (including phenoxy) is 1. The topological polar surface area (TPSA) is 50.8 Å². The van der Waals surface area contributed by atoms with Gasteiger partial charge in [-0.2, -0.15) is 10.4 Å². The van der Waals surface area contributed by atoms with Crippen LogP contribution in [0.4, 0.5) is 0 Å². The monoisotopic (exact) mass is 261 g/mol. The number of aryl methyl sites for hydroxylation is 2. The van der Waals surface area contributed by atoms with Gasteiger partial charge < -0.3 is 4.74 Å². The molecule has 0 aliphatic rings. The minimum Gasteiger partial charge on any atom is -0.452 e. The first kappa shape index (κ1) is 12.5. The highest BCUT2D eigenvalue weighted by Gasteiger charge is 2.13. The van der Waals surface area contributed by atoms with E-state index in [1.807, 2.05) is 27.0 Å². The standard InChI is InChI=1S/C13H12ClN3O/c1-8-13(9(2)17(3)16-8)18-12-5-4-10(7-15)6-11(12)14/h4-6H,1-3H3. The molecule has 92 valence electrons. The lowest BCUT2D eigenvalue weighted by atomic mass is 10.2. The molecule has 1 aromatic heterocycles. The maximum atomic E-state index is 8.77. The Bertz CT molecular complexity index is 640. The van der Waals surface area contributed by atoms with Crippen LogP contribution in [0.25, 0.3) is 0 Å². The molecule has 0 radical (unpaired) electrons. The number of halogens is 1. The number of benzene rings is 1. The normalized spacial score (nSPS) is 10.2. The fraction of sp³-hybridized carbons (Fsp3) is 0.231. The molecule has 0 fully saturated rings. The minimum atomic E-state index is 0.414. The van der Waals surface area contributed by atoms with Crippen LogP contribution in [0.1, 0.15) is 17.0 Å². The highest BCUT2D eigenvalue weighted by molar-refractivity contribution is 6.32. The van der Waals surface area contributed by atoms with E-state index >= 15 is 0 Å². The molecule has 0 spiro atoms. The molecule has 0 bridgehead atoms. The summed E-state index contributed by atoms with van der Waals surface area (Å²) < 4.78 is 7.52. The van der Waals surface area contributed by atoms with Gasteiger partial charge in [0.1, 0.15) is 11.4 Å². The molecule has 2 rings (SSSR count). The van der Waals surface area contributed by atoms with Crippen molar-refractivity contribution in [3.8, 4) is 17.6 Å². The second-order valence-corrected chi connectivity index (χ2v) is 4.39. The van der Waals surface area contributed by atoms with Crippen molar-refractivity contribution in [1.29, 1.82) is 5.26 Å². The summed E-state index contributed by atoms with van der Waals surface area (Å²) in [7, 11) is 1.86. The van der Waals surface area contributed by atoms with Gasteiger partial charge >= 0.3 is 0 Å². The van der Waals surface area contributed by atoms with Gasteiger partial charge in [0.15, 0.2) is 5.75 Å². The van der Waals surface area contributed by atoms with Crippen LogP contribution >= 0.6 is 11.6 Å². The first-order chi connectivity index (χ1) is 8.52. The first-order valence-electron chi connectivity index (χ1n) is 5.40. The molecule has 0 unspecified atom stereocenters. The molecular weight excluding hydrogens is 250 g/mol. The average molecular weight is 262 g/mol. The van der Waals surface area contributed by atoms with Gasteiger partial charge in [-0.3, -0.25) is 4.68 Å². The van der Waals surface area contributed by atoms with E-state index < -0.39 is 0 Å². The summed E-state index contributed by atoms with van der Waals surface area (Å²) in [6, 6.07) is 6.97. The zero-order chi connectivity index (χ0) is 13.3. The van der Waals surface area contributed by atoms with Crippen LogP contribution in [0, 0.1) is 25.2 Å². The summed E-state index contributed by atoms with van der Waals surface area (Å²) in [6.45, 7) is 3.80. The lowest BCUT2D eigenvalue weighted by Gasteiger charge is -2.07. The molecule has 5 heteroatoms. The molecule has 0 amide bonds. The van der Waals surface area contributed by atoms with E-state index in [0.29, 0.717) is 22.1 Å². The van der Waals surface area contributed by atoms with E-state index in [1.54, 1.807) is 22.9 Å². The van der Waals surface area contributed by atoms with E-state index in [-0.39, 0.29) is 0 Å². The Labute approximate surface area is 110 Å². The van der Waals surface area contributed by atoms with Crippen molar-refractivity contribution in [2.24, 2.45) is 7.05 Å². The van der Waals surface area contributed by atoms with E-state index in [9.17, 15) is 0 Å². The summed E-state index contributed by atoms with van der Waals surface area (Å²) in [5.41, 5.74) is 2.23. The van der Waals surface area contributed by atoms with Gasteiger partial charge in [0.2, 0.25) is 0 Å². The minimum absolute atomic E-state index is 0.414. The van der Waals surface area contributed by atoms with Crippen molar-refractivity contribution in [3.05, 3.63) is 40.2 Å². The molecule has 0 atom stereocenters. The van der Waals surface area contributed by atoms with Crippen LogP contribution < -0.4 is 4.74 Å². The molecule has 2 aromatic rings. The van der Waals surface area contributed by atoms with Crippen LogP contribution in [0.3, 0.4) is 0 Å². The summed E-state index contributed by atoms with van der Waals surface area (Å²) in [4.78, 5) is 0. The smallest absolute Gasteiger partial charge is 0.171 e. The Morgan fingerprint density at radius 1 is 1.39 bits per heavy atom. The second-order valence-electron chi connectivity index (χ2n) is 3.98. The molecule has 1 heterocycles. The van der Waals surface area contributed by atoms with Crippen LogP contribution in [-0.2, 0) is 7.05 Å². The number of hydrogen-bond donors (Lipinski definition) is 0. The Morgan fingerprint density at radius 3 is 2.61 bits per heavy atom. The zero-order valence-electron chi connectivity index (χ0n) is 10.4. The lowest BCUT2D eigenvalue weighted by Crippen LogP contribution is -1.93. The third kappa shape index (κ3) is 2.18. The molecule has 0 aliphatic heterocycles.